The van der Waals surface area contributed by atoms with Crippen molar-refractivity contribution >= 4 is 18.7 Å². The lowest BCUT2D eigenvalue weighted by Crippen LogP contribution is -2.66. The lowest BCUT2D eigenvalue weighted by atomic mass is 9.91. The van der Waals surface area contributed by atoms with Crippen molar-refractivity contribution in [2.75, 3.05) is 6.61 Å². The largest absolute Gasteiger partial charge is 0.407 e. The third-order valence-electron chi connectivity index (χ3n) is 6.06. The molecule has 1 aliphatic carbocycles. The van der Waals surface area contributed by atoms with Gasteiger partial charge in [-0.25, -0.2) is 0 Å². The smallest absolute Gasteiger partial charge is 0.261 e. The average Bonchev–Trinajstić information content (AvgIpc) is 2.72. The van der Waals surface area contributed by atoms with Crippen LogP contribution in [-0.2, 0) is 4.43 Å². The van der Waals surface area contributed by atoms with Gasteiger partial charge in [0.15, 0.2) is 0 Å². The normalized spacial score (nSPS) is 17.6. The lowest BCUT2D eigenvalue weighted by molar-refractivity contribution is 0.283. The summed E-state index contributed by atoms with van der Waals surface area (Å²) in [5.41, 5.74) is 0. The van der Waals surface area contributed by atoms with Crippen LogP contribution in [0.25, 0.3) is 0 Å². The molecule has 0 amide bonds. The van der Waals surface area contributed by atoms with Gasteiger partial charge in [0.25, 0.3) is 8.32 Å². The molecule has 0 saturated heterocycles. The second kappa shape index (κ2) is 9.71. The number of benzene rings is 2. The second-order valence-electron chi connectivity index (χ2n) is 9.13. The van der Waals surface area contributed by atoms with Crippen molar-refractivity contribution in [1.29, 1.82) is 0 Å². The van der Waals surface area contributed by atoms with Gasteiger partial charge in [0.1, 0.15) is 0 Å². The molecule has 1 aliphatic rings. The predicted molar refractivity (Wildman–Crippen MR) is 124 cm³/mol. The molecule has 0 aromatic heterocycles. The molecular formula is C26H36OSi. The molecule has 1 nitrogen and oxygen atoms in total. The van der Waals surface area contributed by atoms with Crippen LogP contribution in [-0.4, -0.2) is 14.9 Å². The summed E-state index contributed by atoms with van der Waals surface area (Å²) in [6.07, 6.45) is 12.5. The standard InChI is InChI=1S/C26H36OSi/c1-26(2,3)28(24-18-9-5-10-19-24,25-20-11-6-12-21-25)27-22-14-13-17-23-15-7-4-8-16-23/h5-7,9-12,15,18-21,23H,4,8,13-14,16-17,22H2,1-3H3/t23-/m0/s1. The van der Waals surface area contributed by atoms with Crippen molar-refractivity contribution in [2.45, 2.75) is 64.3 Å². The van der Waals surface area contributed by atoms with E-state index in [-0.39, 0.29) is 5.04 Å². The number of hydrogen-bond donors (Lipinski definition) is 0. The summed E-state index contributed by atoms with van der Waals surface area (Å²) in [6, 6.07) is 21.9. The molecule has 3 rings (SSSR count). The van der Waals surface area contributed by atoms with E-state index in [0.717, 1.165) is 18.9 Å². The Morgan fingerprint density at radius 3 is 2.00 bits per heavy atom. The molecule has 0 radical (unpaired) electrons. The molecule has 28 heavy (non-hydrogen) atoms. The van der Waals surface area contributed by atoms with E-state index in [1.807, 2.05) is 0 Å². The highest BCUT2D eigenvalue weighted by molar-refractivity contribution is 6.99. The molecule has 150 valence electrons. The first kappa shape index (κ1) is 21.1. The topological polar surface area (TPSA) is 9.23 Å². The van der Waals surface area contributed by atoms with Gasteiger partial charge in [0, 0.05) is 6.61 Å². The van der Waals surface area contributed by atoms with Gasteiger partial charge in [0.05, 0.1) is 0 Å². The van der Waals surface area contributed by atoms with Crippen LogP contribution in [0, 0.1) is 5.92 Å². The summed E-state index contributed by atoms with van der Waals surface area (Å²) in [4.78, 5) is 0. The van der Waals surface area contributed by atoms with Gasteiger partial charge in [0.2, 0.25) is 0 Å². The van der Waals surface area contributed by atoms with Crippen LogP contribution in [0.15, 0.2) is 72.8 Å². The molecular weight excluding hydrogens is 356 g/mol. The predicted octanol–water partition coefficient (Wildman–Crippen LogP) is 6.09. The van der Waals surface area contributed by atoms with Crippen LogP contribution < -0.4 is 10.4 Å². The Morgan fingerprint density at radius 1 is 0.893 bits per heavy atom. The molecule has 0 saturated carbocycles. The zero-order chi connectivity index (χ0) is 19.9. The number of allylic oxidation sites excluding steroid dienone is 2. The van der Waals surface area contributed by atoms with E-state index in [1.165, 1.54) is 42.5 Å². The van der Waals surface area contributed by atoms with Crippen LogP contribution >= 0.6 is 0 Å². The first-order chi connectivity index (χ1) is 13.5. The fraction of sp³-hybridized carbons (Fsp3) is 0.462. The van der Waals surface area contributed by atoms with E-state index in [2.05, 4.69) is 93.6 Å². The molecule has 0 spiro atoms. The van der Waals surface area contributed by atoms with Gasteiger partial charge in [-0.15, -0.1) is 0 Å². The monoisotopic (exact) mass is 392 g/mol. The third-order valence-corrected chi connectivity index (χ3v) is 11.1. The number of unbranched alkanes of at least 4 members (excludes halogenated alkanes) is 1. The molecule has 2 aromatic rings. The van der Waals surface area contributed by atoms with E-state index in [0.29, 0.717) is 0 Å². The van der Waals surface area contributed by atoms with Crippen molar-refractivity contribution < 1.29 is 4.43 Å². The maximum Gasteiger partial charge on any atom is 0.261 e. The van der Waals surface area contributed by atoms with Crippen LogP contribution in [0.3, 0.4) is 0 Å². The zero-order valence-electron chi connectivity index (χ0n) is 17.9. The van der Waals surface area contributed by atoms with Gasteiger partial charge in [-0.05, 0) is 53.4 Å². The highest BCUT2D eigenvalue weighted by atomic mass is 28.4. The van der Waals surface area contributed by atoms with Crippen LogP contribution in [0.4, 0.5) is 0 Å². The van der Waals surface area contributed by atoms with Gasteiger partial charge < -0.3 is 4.43 Å². The Hall–Kier alpha value is -1.64. The highest BCUT2D eigenvalue weighted by Crippen LogP contribution is 2.37. The molecule has 0 bridgehead atoms. The maximum absolute atomic E-state index is 6.98. The summed E-state index contributed by atoms with van der Waals surface area (Å²) >= 11 is 0. The molecule has 0 unspecified atom stereocenters. The average molecular weight is 393 g/mol. The molecule has 0 heterocycles. The van der Waals surface area contributed by atoms with Crippen LogP contribution in [0.5, 0.6) is 0 Å². The fourth-order valence-corrected chi connectivity index (χ4v) is 9.22. The molecule has 2 heteroatoms. The first-order valence-corrected chi connectivity index (χ1v) is 12.9. The van der Waals surface area contributed by atoms with Crippen LogP contribution in [0.2, 0.25) is 5.04 Å². The molecule has 0 aliphatic heterocycles. The van der Waals surface area contributed by atoms with E-state index in [9.17, 15) is 0 Å². The Balaban J connectivity index is 1.76. The summed E-state index contributed by atoms with van der Waals surface area (Å²) < 4.78 is 6.98. The van der Waals surface area contributed by atoms with E-state index >= 15 is 0 Å². The Morgan fingerprint density at radius 2 is 1.50 bits per heavy atom. The molecule has 0 N–H and O–H groups in total. The van der Waals surface area contributed by atoms with E-state index in [1.54, 1.807) is 0 Å². The van der Waals surface area contributed by atoms with Crippen molar-refractivity contribution in [2.24, 2.45) is 5.92 Å². The maximum atomic E-state index is 6.98. The molecule has 2 aromatic carbocycles. The second-order valence-corrected chi connectivity index (χ2v) is 13.4. The summed E-state index contributed by atoms with van der Waals surface area (Å²) in [6.45, 7) is 7.91. The number of rotatable bonds is 8. The van der Waals surface area contributed by atoms with E-state index in [4.69, 9.17) is 4.43 Å². The highest BCUT2D eigenvalue weighted by Gasteiger charge is 2.49. The molecule has 0 fully saturated rings. The first-order valence-electron chi connectivity index (χ1n) is 11.0. The third kappa shape index (κ3) is 4.85. The minimum absolute atomic E-state index is 0.0712. The van der Waals surface area contributed by atoms with Crippen molar-refractivity contribution in [1.82, 2.24) is 0 Å². The van der Waals surface area contributed by atoms with Gasteiger partial charge >= 0.3 is 0 Å². The van der Waals surface area contributed by atoms with Gasteiger partial charge in [-0.3, -0.25) is 0 Å². The van der Waals surface area contributed by atoms with Crippen molar-refractivity contribution in [3.05, 3.63) is 72.8 Å². The van der Waals surface area contributed by atoms with Crippen molar-refractivity contribution in [3.63, 3.8) is 0 Å². The zero-order valence-corrected chi connectivity index (χ0v) is 18.9. The lowest BCUT2D eigenvalue weighted by Gasteiger charge is -2.43. The van der Waals surface area contributed by atoms with Crippen molar-refractivity contribution in [3.8, 4) is 0 Å². The fourth-order valence-electron chi connectivity index (χ4n) is 4.62. The minimum Gasteiger partial charge on any atom is -0.407 e. The van der Waals surface area contributed by atoms with E-state index < -0.39 is 8.32 Å². The summed E-state index contributed by atoms with van der Waals surface area (Å²) in [5, 5.41) is 2.83. The SMILES string of the molecule is CC(C)(C)[Si](OCCCC[C@H]1C=CCCC1)(c1ccccc1)c1ccccc1. The number of hydrogen-bond acceptors (Lipinski definition) is 1. The summed E-state index contributed by atoms with van der Waals surface area (Å²) in [7, 11) is -2.35. The Kier molecular flexibility index (Phi) is 7.31. The minimum atomic E-state index is -2.35. The van der Waals surface area contributed by atoms with Crippen LogP contribution in [0.1, 0.15) is 59.3 Å². The molecule has 1 atom stereocenters. The Bertz CT molecular complexity index is 691. The summed E-state index contributed by atoms with van der Waals surface area (Å²) in [5.74, 6) is 0.793. The van der Waals surface area contributed by atoms with Gasteiger partial charge in [-0.1, -0.05) is 100 Å². The van der Waals surface area contributed by atoms with Gasteiger partial charge in [-0.2, -0.15) is 0 Å². The quantitative estimate of drug-likeness (QED) is 0.300. The Labute approximate surface area is 173 Å².